The maximum absolute atomic E-state index is 12.8. The van der Waals surface area contributed by atoms with Crippen LogP contribution in [-0.4, -0.2) is 61.8 Å². The highest BCUT2D eigenvalue weighted by atomic mass is 16.5. The van der Waals surface area contributed by atoms with Crippen molar-refractivity contribution in [2.75, 3.05) is 26.2 Å². The summed E-state index contributed by atoms with van der Waals surface area (Å²) < 4.78 is 6.84. The number of carbonyl (C=O) groups is 1. The summed E-state index contributed by atoms with van der Waals surface area (Å²) in [6.07, 6.45) is 5.02. The van der Waals surface area contributed by atoms with Crippen molar-refractivity contribution in [3.05, 3.63) is 60.0 Å². The van der Waals surface area contributed by atoms with Crippen molar-refractivity contribution in [2.24, 2.45) is 0 Å². The molecule has 28 heavy (non-hydrogen) atoms. The van der Waals surface area contributed by atoms with Gasteiger partial charge in [0, 0.05) is 45.5 Å². The van der Waals surface area contributed by atoms with Crippen LogP contribution in [0.1, 0.15) is 23.7 Å². The summed E-state index contributed by atoms with van der Waals surface area (Å²) in [4.78, 5) is 21.3. The van der Waals surface area contributed by atoms with Gasteiger partial charge in [0.1, 0.15) is 0 Å². The Morgan fingerprint density at radius 1 is 1.14 bits per heavy atom. The number of nitrogens with zero attached hydrogens (tertiary/aromatic N) is 6. The van der Waals surface area contributed by atoms with Crippen LogP contribution in [0.3, 0.4) is 0 Å². The molecule has 0 saturated carbocycles. The first-order valence-electron chi connectivity index (χ1n) is 9.56. The number of aryl methyl sites for hydroxylation is 1. The van der Waals surface area contributed by atoms with Crippen LogP contribution in [0.5, 0.6) is 0 Å². The molecule has 1 aliphatic heterocycles. The molecule has 1 aromatic carbocycles. The van der Waals surface area contributed by atoms with Gasteiger partial charge >= 0.3 is 0 Å². The van der Waals surface area contributed by atoms with E-state index in [2.05, 4.69) is 20.1 Å². The Labute approximate surface area is 163 Å². The van der Waals surface area contributed by atoms with Gasteiger partial charge in [-0.05, 0) is 30.2 Å². The lowest BCUT2D eigenvalue weighted by atomic mass is 10.1. The minimum atomic E-state index is 0.170. The Bertz CT molecular complexity index is 903. The molecule has 0 radical (unpaired) electrons. The van der Waals surface area contributed by atoms with Crippen LogP contribution < -0.4 is 0 Å². The summed E-state index contributed by atoms with van der Waals surface area (Å²) in [5.74, 6) is 1.46. The summed E-state index contributed by atoms with van der Waals surface area (Å²) in [7, 11) is 0. The molecule has 0 atom stereocenters. The summed E-state index contributed by atoms with van der Waals surface area (Å²) in [5, 5.41) is 8.18. The second-order valence-corrected chi connectivity index (χ2v) is 7.03. The number of hydrogen-bond donors (Lipinski definition) is 0. The minimum Gasteiger partial charge on any atom is -0.341 e. The Hall–Kier alpha value is -3.00. The first-order valence-corrected chi connectivity index (χ1v) is 9.56. The molecule has 1 saturated heterocycles. The highest BCUT2D eigenvalue weighted by molar-refractivity contribution is 5.78. The largest absolute Gasteiger partial charge is 0.341 e. The molecule has 0 aliphatic carbocycles. The van der Waals surface area contributed by atoms with Crippen LogP contribution in [-0.2, 0) is 17.8 Å². The number of benzene rings is 1. The van der Waals surface area contributed by atoms with E-state index in [-0.39, 0.29) is 5.91 Å². The lowest BCUT2D eigenvalue weighted by molar-refractivity contribution is -0.130. The van der Waals surface area contributed by atoms with E-state index in [4.69, 9.17) is 4.52 Å². The number of rotatable bonds is 5. The molecule has 1 aliphatic rings. The number of amides is 1. The smallest absolute Gasteiger partial charge is 0.227 e. The van der Waals surface area contributed by atoms with Gasteiger partial charge in [-0.2, -0.15) is 10.1 Å². The van der Waals surface area contributed by atoms with E-state index in [0.717, 1.165) is 43.9 Å². The van der Waals surface area contributed by atoms with Gasteiger partial charge in [-0.15, -0.1) is 0 Å². The summed E-state index contributed by atoms with van der Waals surface area (Å²) in [5.41, 5.74) is 2.01. The molecule has 3 heterocycles. The normalized spacial score (nSPS) is 15.5. The monoisotopic (exact) mass is 380 g/mol. The van der Waals surface area contributed by atoms with Crippen molar-refractivity contribution in [1.29, 1.82) is 0 Å². The zero-order valence-electron chi connectivity index (χ0n) is 16.0. The van der Waals surface area contributed by atoms with Gasteiger partial charge in [0.25, 0.3) is 0 Å². The SMILES string of the molecule is Cc1nc(CN2CCCN(C(=O)Cc3ccc(-n4cccn4)cc3)CC2)no1. The summed E-state index contributed by atoms with van der Waals surface area (Å²) in [6.45, 7) is 5.70. The van der Waals surface area contributed by atoms with E-state index in [1.54, 1.807) is 17.8 Å². The van der Waals surface area contributed by atoms with Gasteiger partial charge in [-0.25, -0.2) is 4.68 Å². The molecule has 3 aromatic rings. The second kappa shape index (κ2) is 8.35. The van der Waals surface area contributed by atoms with E-state index in [9.17, 15) is 4.79 Å². The van der Waals surface area contributed by atoms with E-state index >= 15 is 0 Å². The Balaban J connectivity index is 1.31. The maximum Gasteiger partial charge on any atom is 0.227 e. The zero-order chi connectivity index (χ0) is 19.3. The lowest BCUT2D eigenvalue weighted by Crippen LogP contribution is -2.36. The fraction of sp³-hybridized carbons (Fsp3) is 0.400. The van der Waals surface area contributed by atoms with Crippen molar-refractivity contribution in [3.8, 4) is 5.69 Å². The first kappa shape index (κ1) is 18.4. The van der Waals surface area contributed by atoms with Crippen LogP contribution in [0.4, 0.5) is 0 Å². The molecule has 8 heteroatoms. The standard InChI is InChI=1S/C20H24N6O2/c1-16-22-19(23-28-16)15-24-9-3-10-25(13-12-24)20(27)14-17-4-6-18(7-5-17)26-11-2-8-21-26/h2,4-8,11H,3,9-10,12-15H2,1H3. The molecule has 1 amide bonds. The van der Waals surface area contributed by atoms with Gasteiger partial charge in [0.05, 0.1) is 18.7 Å². The van der Waals surface area contributed by atoms with Crippen molar-refractivity contribution < 1.29 is 9.32 Å². The maximum atomic E-state index is 12.8. The molecular formula is C20H24N6O2. The Morgan fingerprint density at radius 2 is 2.00 bits per heavy atom. The zero-order valence-corrected chi connectivity index (χ0v) is 16.0. The van der Waals surface area contributed by atoms with Crippen molar-refractivity contribution >= 4 is 5.91 Å². The molecule has 8 nitrogen and oxygen atoms in total. The average Bonchev–Trinajstić information content (AvgIpc) is 3.31. The highest BCUT2D eigenvalue weighted by Crippen LogP contribution is 2.12. The van der Waals surface area contributed by atoms with Crippen molar-refractivity contribution in [1.82, 2.24) is 29.7 Å². The van der Waals surface area contributed by atoms with Gasteiger partial charge in [0.15, 0.2) is 5.82 Å². The molecule has 0 bridgehead atoms. The highest BCUT2D eigenvalue weighted by Gasteiger charge is 2.20. The summed E-state index contributed by atoms with van der Waals surface area (Å²) >= 11 is 0. The molecule has 0 unspecified atom stereocenters. The molecule has 146 valence electrons. The predicted octanol–water partition coefficient (Wildman–Crippen LogP) is 1.84. The van der Waals surface area contributed by atoms with Crippen LogP contribution in [0.15, 0.2) is 47.2 Å². The lowest BCUT2D eigenvalue weighted by Gasteiger charge is -2.21. The van der Waals surface area contributed by atoms with Gasteiger partial charge in [-0.1, -0.05) is 17.3 Å². The average molecular weight is 380 g/mol. The predicted molar refractivity (Wildman–Crippen MR) is 103 cm³/mol. The molecular weight excluding hydrogens is 356 g/mol. The van der Waals surface area contributed by atoms with E-state index in [0.29, 0.717) is 24.7 Å². The topological polar surface area (TPSA) is 80.3 Å². The van der Waals surface area contributed by atoms with E-state index in [1.165, 1.54) is 0 Å². The van der Waals surface area contributed by atoms with Crippen molar-refractivity contribution in [3.63, 3.8) is 0 Å². The third-order valence-electron chi connectivity index (χ3n) is 4.94. The number of carbonyl (C=O) groups excluding carboxylic acids is 1. The fourth-order valence-electron chi connectivity index (χ4n) is 3.46. The van der Waals surface area contributed by atoms with Crippen LogP contribution in [0.25, 0.3) is 5.69 Å². The van der Waals surface area contributed by atoms with Crippen LogP contribution in [0.2, 0.25) is 0 Å². The van der Waals surface area contributed by atoms with Crippen LogP contribution in [0, 0.1) is 6.92 Å². The van der Waals surface area contributed by atoms with Gasteiger partial charge < -0.3 is 9.42 Å². The third kappa shape index (κ3) is 4.45. The second-order valence-electron chi connectivity index (χ2n) is 7.03. The van der Waals surface area contributed by atoms with Crippen LogP contribution >= 0.6 is 0 Å². The molecule has 1 fully saturated rings. The number of aromatic nitrogens is 4. The first-order chi connectivity index (χ1) is 13.7. The third-order valence-corrected chi connectivity index (χ3v) is 4.94. The Kier molecular flexibility index (Phi) is 5.48. The van der Waals surface area contributed by atoms with E-state index < -0.39 is 0 Å². The Morgan fingerprint density at radius 3 is 2.71 bits per heavy atom. The quantitative estimate of drug-likeness (QED) is 0.672. The minimum absolute atomic E-state index is 0.170. The molecule has 2 aromatic heterocycles. The fourth-order valence-corrected chi connectivity index (χ4v) is 3.46. The van der Waals surface area contributed by atoms with E-state index in [1.807, 2.05) is 41.4 Å². The summed E-state index contributed by atoms with van der Waals surface area (Å²) in [6, 6.07) is 9.87. The molecule has 0 N–H and O–H groups in total. The number of hydrogen-bond acceptors (Lipinski definition) is 6. The molecule has 4 rings (SSSR count). The van der Waals surface area contributed by atoms with Crippen molar-refractivity contribution in [2.45, 2.75) is 26.3 Å². The van der Waals surface area contributed by atoms with Gasteiger partial charge in [-0.3, -0.25) is 9.69 Å². The van der Waals surface area contributed by atoms with Gasteiger partial charge in [0.2, 0.25) is 11.8 Å². The molecule has 0 spiro atoms.